The number of ether oxygens (including phenoxy) is 1. The Hall–Kier alpha value is -3.33. The second-order valence-corrected chi connectivity index (χ2v) is 10.1. The Morgan fingerprint density at radius 3 is 2.36 bits per heavy atom. The van der Waals surface area contributed by atoms with Gasteiger partial charge in [0.05, 0.1) is 22.2 Å². The SMILES string of the molecule is Cc1cccc(Cl)c1C(=O)OC(C)(C)C(=O)NC(C)C(Cc1ccc(Cl)cc1)c1cccc(C#N)c1. The molecule has 2 unspecified atom stereocenters. The first-order valence-corrected chi connectivity index (χ1v) is 12.3. The lowest BCUT2D eigenvalue weighted by atomic mass is 9.85. The molecule has 1 N–H and O–H groups in total. The van der Waals surface area contributed by atoms with E-state index in [1.807, 2.05) is 49.4 Å². The minimum Gasteiger partial charge on any atom is -0.446 e. The van der Waals surface area contributed by atoms with Gasteiger partial charge in [-0.05, 0) is 81.1 Å². The molecule has 3 rings (SSSR count). The van der Waals surface area contributed by atoms with Crippen molar-refractivity contribution < 1.29 is 14.3 Å². The number of hydrogen-bond donors (Lipinski definition) is 1. The molecular formula is C29H28Cl2N2O3. The molecule has 36 heavy (non-hydrogen) atoms. The van der Waals surface area contributed by atoms with Crippen molar-refractivity contribution in [3.05, 3.63) is 105 Å². The molecule has 0 aliphatic heterocycles. The Bertz CT molecular complexity index is 1280. The van der Waals surface area contributed by atoms with Crippen molar-refractivity contribution in [2.75, 3.05) is 0 Å². The van der Waals surface area contributed by atoms with Crippen LogP contribution in [0.1, 0.15) is 59.3 Å². The van der Waals surface area contributed by atoms with Crippen molar-refractivity contribution in [3.8, 4) is 6.07 Å². The monoisotopic (exact) mass is 522 g/mol. The van der Waals surface area contributed by atoms with Crippen LogP contribution in [-0.2, 0) is 16.0 Å². The van der Waals surface area contributed by atoms with E-state index in [0.717, 1.165) is 11.1 Å². The van der Waals surface area contributed by atoms with E-state index in [1.54, 1.807) is 45.0 Å². The molecule has 0 aromatic heterocycles. The Morgan fingerprint density at radius 2 is 1.72 bits per heavy atom. The zero-order chi connectivity index (χ0) is 26.5. The zero-order valence-electron chi connectivity index (χ0n) is 20.6. The first kappa shape index (κ1) is 27.3. The summed E-state index contributed by atoms with van der Waals surface area (Å²) in [6.45, 7) is 6.75. The number of rotatable bonds is 8. The summed E-state index contributed by atoms with van der Waals surface area (Å²) in [5, 5.41) is 13.3. The van der Waals surface area contributed by atoms with E-state index in [1.165, 1.54) is 0 Å². The molecule has 0 heterocycles. The van der Waals surface area contributed by atoms with Crippen molar-refractivity contribution in [3.63, 3.8) is 0 Å². The predicted molar refractivity (Wildman–Crippen MR) is 142 cm³/mol. The second-order valence-electron chi connectivity index (χ2n) is 9.27. The van der Waals surface area contributed by atoms with Crippen molar-refractivity contribution in [2.45, 2.75) is 51.7 Å². The highest BCUT2D eigenvalue weighted by Crippen LogP contribution is 2.28. The molecule has 5 nitrogen and oxygen atoms in total. The fraction of sp³-hybridized carbons (Fsp3) is 0.276. The largest absolute Gasteiger partial charge is 0.446 e. The summed E-state index contributed by atoms with van der Waals surface area (Å²) in [4.78, 5) is 26.1. The van der Waals surface area contributed by atoms with Crippen molar-refractivity contribution >= 4 is 35.1 Å². The molecule has 0 bridgehead atoms. The Labute approximate surface area is 222 Å². The summed E-state index contributed by atoms with van der Waals surface area (Å²) in [7, 11) is 0. The third kappa shape index (κ3) is 6.66. The average molecular weight is 523 g/mol. The number of benzene rings is 3. The van der Waals surface area contributed by atoms with Gasteiger partial charge < -0.3 is 10.1 Å². The lowest BCUT2D eigenvalue weighted by Gasteiger charge is -2.30. The summed E-state index contributed by atoms with van der Waals surface area (Å²) in [6.07, 6.45) is 0.604. The maximum absolute atomic E-state index is 13.3. The molecule has 0 spiro atoms. The number of nitrogens with one attached hydrogen (secondary N) is 1. The smallest absolute Gasteiger partial charge is 0.340 e. The number of amides is 1. The van der Waals surface area contributed by atoms with Crippen LogP contribution in [0.4, 0.5) is 0 Å². The first-order chi connectivity index (χ1) is 17.0. The molecule has 0 saturated heterocycles. The van der Waals surface area contributed by atoms with Crippen LogP contribution in [-0.4, -0.2) is 23.5 Å². The number of aryl methyl sites for hydroxylation is 1. The van der Waals surface area contributed by atoms with Crippen LogP contribution < -0.4 is 5.32 Å². The van der Waals surface area contributed by atoms with Gasteiger partial charge in [-0.15, -0.1) is 0 Å². The molecule has 3 aromatic rings. The van der Waals surface area contributed by atoms with Crippen LogP contribution in [0.2, 0.25) is 10.0 Å². The fourth-order valence-electron chi connectivity index (χ4n) is 4.00. The van der Waals surface area contributed by atoms with Crippen LogP contribution in [0, 0.1) is 18.3 Å². The molecular weight excluding hydrogens is 495 g/mol. The molecule has 7 heteroatoms. The third-order valence-electron chi connectivity index (χ3n) is 6.10. The molecule has 0 aliphatic carbocycles. The highest BCUT2D eigenvalue weighted by molar-refractivity contribution is 6.33. The van der Waals surface area contributed by atoms with Crippen LogP contribution in [0.5, 0.6) is 0 Å². The van der Waals surface area contributed by atoms with Gasteiger partial charge in [-0.3, -0.25) is 4.79 Å². The molecule has 1 amide bonds. The predicted octanol–water partition coefficient (Wildman–Crippen LogP) is 6.64. The van der Waals surface area contributed by atoms with Crippen LogP contribution in [0.25, 0.3) is 0 Å². The van der Waals surface area contributed by atoms with Gasteiger partial charge in [-0.25, -0.2) is 4.79 Å². The number of nitrogens with zero attached hydrogens (tertiary/aromatic N) is 1. The van der Waals surface area contributed by atoms with E-state index in [4.69, 9.17) is 27.9 Å². The number of carbonyl (C=O) groups excluding carboxylic acids is 2. The van der Waals surface area contributed by atoms with E-state index in [0.29, 0.717) is 22.6 Å². The van der Waals surface area contributed by atoms with Gasteiger partial charge >= 0.3 is 5.97 Å². The highest BCUT2D eigenvalue weighted by Gasteiger charge is 2.35. The van der Waals surface area contributed by atoms with E-state index >= 15 is 0 Å². The molecule has 0 saturated carbocycles. The zero-order valence-corrected chi connectivity index (χ0v) is 22.2. The second kappa shape index (κ2) is 11.6. The van der Waals surface area contributed by atoms with Gasteiger partial charge in [-0.1, -0.05) is 59.6 Å². The standard InChI is InChI=1S/C29H28Cl2N2O3/c1-18-7-5-10-25(31)26(18)27(34)36-29(3,4)28(35)33-19(2)24(16-20-11-13-23(30)14-12-20)22-9-6-8-21(15-22)17-32/h5-15,19,24H,16H2,1-4H3,(H,33,35). The van der Waals surface area contributed by atoms with Gasteiger partial charge in [0.25, 0.3) is 5.91 Å². The van der Waals surface area contributed by atoms with E-state index < -0.39 is 17.5 Å². The Balaban J connectivity index is 1.82. The Kier molecular flexibility index (Phi) is 8.79. The van der Waals surface area contributed by atoms with Crippen molar-refractivity contribution in [1.29, 1.82) is 5.26 Å². The number of nitriles is 1. The molecule has 2 atom stereocenters. The highest BCUT2D eigenvalue weighted by atomic mass is 35.5. The van der Waals surface area contributed by atoms with Gasteiger partial charge in [0.2, 0.25) is 0 Å². The summed E-state index contributed by atoms with van der Waals surface area (Å²) in [5.74, 6) is -1.25. The number of carbonyl (C=O) groups is 2. The van der Waals surface area contributed by atoms with Crippen LogP contribution in [0.15, 0.2) is 66.7 Å². The lowest BCUT2D eigenvalue weighted by Crippen LogP contribution is -2.50. The Morgan fingerprint density at radius 1 is 1.06 bits per heavy atom. The maximum atomic E-state index is 13.3. The lowest BCUT2D eigenvalue weighted by molar-refractivity contribution is -0.138. The number of hydrogen-bond acceptors (Lipinski definition) is 4. The third-order valence-corrected chi connectivity index (χ3v) is 6.66. The minimum absolute atomic E-state index is 0.152. The summed E-state index contributed by atoms with van der Waals surface area (Å²) in [5.41, 5.74) is 1.94. The van der Waals surface area contributed by atoms with Gasteiger partial charge in [-0.2, -0.15) is 5.26 Å². The normalized spacial score (nSPS) is 12.8. The molecule has 0 radical (unpaired) electrons. The molecule has 0 fully saturated rings. The summed E-state index contributed by atoms with van der Waals surface area (Å²) in [6, 6.07) is 21.8. The van der Waals surface area contributed by atoms with E-state index in [2.05, 4.69) is 11.4 Å². The van der Waals surface area contributed by atoms with Gasteiger partial charge in [0.1, 0.15) is 0 Å². The maximum Gasteiger partial charge on any atom is 0.340 e. The van der Waals surface area contributed by atoms with Crippen molar-refractivity contribution in [2.24, 2.45) is 0 Å². The van der Waals surface area contributed by atoms with E-state index in [-0.39, 0.29) is 22.5 Å². The molecule has 0 aliphatic rings. The quantitative estimate of drug-likeness (QED) is 0.336. The fourth-order valence-corrected chi connectivity index (χ4v) is 4.42. The summed E-state index contributed by atoms with van der Waals surface area (Å²) >= 11 is 12.3. The van der Waals surface area contributed by atoms with Crippen molar-refractivity contribution in [1.82, 2.24) is 5.32 Å². The van der Waals surface area contributed by atoms with Gasteiger partial charge in [0, 0.05) is 17.0 Å². The first-order valence-electron chi connectivity index (χ1n) is 11.6. The summed E-state index contributed by atoms with van der Waals surface area (Å²) < 4.78 is 5.61. The van der Waals surface area contributed by atoms with E-state index in [9.17, 15) is 14.9 Å². The average Bonchev–Trinajstić information content (AvgIpc) is 2.83. The molecule has 3 aromatic carbocycles. The topological polar surface area (TPSA) is 79.2 Å². The minimum atomic E-state index is -1.45. The number of halogens is 2. The number of esters is 1. The molecule has 186 valence electrons. The van der Waals surface area contributed by atoms with Crippen LogP contribution >= 0.6 is 23.2 Å². The van der Waals surface area contributed by atoms with Gasteiger partial charge in [0.15, 0.2) is 5.60 Å². The van der Waals surface area contributed by atoms with Crippen LogP contribution in [0.3, 0.4) is 0 Å².